The Kier molecular flexibility index (Phi) is 6.03. The van der Waals surface area contributed by atoms with Crippen LogP contribution in [0.15, 0.2) is 42.5 Å². The number of benzene rings is 2. The molecule has 0 unspecified atom stereocenters. The second-order valence-corrected chi connectivity index (χ2v) is 6.72. The van der Waals surface area contributed by atoms with Crippen LogP contribution >= 0.6 is 11.6 Å². The Labute approximate surface area is 160 Å². The summed E-state index contributed by atoms with van der Waals surface area (Å²) in [7, 11) is 0. The lowest BCUT2D eigenvalue weighted by Gasteiger charge is -2.34. The van der Waals surface area contributed by atoms with Crippen LogP contribution in [-0.2, 0) is 4.79 Å². The van der Waals surface area contributed by atoms with Crippen LogP contribution in [-0.4, -0.2) is 54.3 Å². The number of halogens is 3. The van der Waals surface area contributed by atoms with Crippen LogP contribution in [0.4, 0.5) is 14.5 Å². The van der Waals surface area contributed by atoms with Gasteiger partial charge >= 0.3 is 0 Å². The number of carbonyl (C=O) groups excluding carboxylic acids is 2. The number of nitrogens with zero attached hydrogens (tertiary/aromatic N) is 2. The summed E-state index contributed by atoms with van der Waals surface area (Å²) in [6.07, 6.45) is 0. The Hall–Kier alpha value is -2.51. The second-order valence-electron chi connectivity index (χ2n) is 6.28. The maximum Gasteiger partial charge on any atom is 0.253 e. The lowest BCUT2D eigenvalue weighted by molar-refractivity contribution is -0.117. The van der Waals surface area contributed by atoms with Gasteiger partial charge in [-0.1, -0.05) is 11.6 Å². The minimum Gasteiger partial charge on any atom is -0.336 e. The Morgan fingerprint density at radius 1 is 0.963 bits per heavy atom. The molecule has 1 aliphatic heterocycles. The van der Waals surface area contributed by atoms with E-state index in [1.165, 1.54) is 0 Å². The fraction of sp³-hybridized carbons (Fsp3) is 0.263. The zero-order valence-electron chi connectivity index (χ0n) is 14.4. The Morgan fingerprint density at radius 2 is 1.56 bits per heavy atom. The third-order valence-electron chi connectivity index (χ3n) is 4.26. The van der Waals surface area contributed by atoms with E-state index in [9.17, 15) is 18.4 Å². The van der Waals surface area contributed by atoms with Crippen molar-refractivity contribution in [2.24, 2.45) is 0 Å². The molecule has 142 valence electrons. The molecule has 1 aliphatic rings. The smallest absolute Gasteiger partial charge is 0.253 e. The lowest BCUT2D eigenvalue weighted by atomic mass is 10.2. The largest absolute Gasteiger partial charge is 0.336 e. The summed E-state index contributed by atoms with van der Waals surface area (Å²) in [4.78, 5) is 28.1. The second kappa shape index (κ2) is 8.45. The van der Waals surface area contributed by atoms with E-state index in [-0.39, 0.29) is 24.0 Å². The van der Waals surface area contributed by atoms with Gasteiger partial charge in [0.15, 0.2) is 0 Å². The minimum absolute atomic E-state index is 0.0778. The van der Waals surface area contributed by atoms with Crippen LogP contribution in [0.25, 0.3) is 0 Å². The van der Waals surface area contributed by atoms with E-state index >= 15 is 0 Å². The van der Waals surface area contributed by atoms with Gasteiger partial charge in [0.2, 0.25) is 5.91 Å². The van der Waals surface area contributed by atoms with Crippen molar-refractivity contribution in [3.63, 3.8) is 0 Å². The van der Waals surface area contributed by atoms with Gasteiger partial charge in [-0.25, -0.2) is 8.78 Å². The molecule has 1 fully saturated rings. The molecule has 0 aliphatic carbocycles. The molecule has 0 spiro atoms. The van der Waals surface area contributed by atoms with Crippen molar-refractivity contribution in [1.82, 2.24) is 9.80 Å². The maximum absolute atomic E-state index is 13.2. The molecule has 0 bridgehead atoms. The van der Waals surface area contributed by atoms with Crippen molar-refractivity contribution < 1.29 is 18.4 Å². The van der Waals surface area contributed by atoms with Crippen LogP contribution in [0.2, 0.25) is 5.02 Å². The van der Waals surface area contributed by atoms with E-state index < -0.39 is 11.6 Å². The van der Waals surface area contributed by atoms with E-state index in [2.05, 4.69) is 5.32 Å². The topological polar surface area (TPSA) is 52.7 Å². The van der Waals surface area contributed by atoms with Gasteiger partial charge < -0.3 is 10.2 Å². The van der Waals surface area contributed by atoms with Crippen molar-refractivity contribution in [2.75, 3.05) is 38.0 Å². The number of carbonyl (C=O) groups is 2. The molecule has 2 aromatic rings. The molecule has 0 aromatic heterocycles. The van der Waals surface area contributed by atoms with Crippen molar-refractivity contribution in [3.8, 4) is 0 Å². The summed E-state index contributed by atoms with van der Waals surface area (Å²) in [5.41, 5.74) is 0.646. The predicted molar refractivity (Wildman–Crippen MR) is 98.8 cm³/mol. The van der Waals surface area contributed by atoms with Crippen LogP contribution in [0.3, 0.4) is 0 Å². The highest BCUT2D eigenvalue weighted by molar-refractivity contribution is 6.30. The highest BCUT2D eigenvalue weighted by Crippen LogP contribution is 2.14. The SMILES string of the molecule is O=C(CN1CCN(C(=O)c2ccc(Cl)cc2)CC1)Nc1cc(F)cc(F)c1. The van der Waals surface area contributed by atoms with Crippen molar-refractivity contribution in [1.29, 1.82) is 0 Å². The average molecular weight is 394 g/mol. The van der Waals surface area contributed by atoms with Gasteiger partial charge in [-0.15, -0.1) is 0 Å². The molecule has 1 heterocycles. The fourth-order valence-electron chi connectivity index (χ4n) is 2.91. The number of hydrogen-bond donors (Lipinski definition) is 1. The number of rotatable bonds is 4. The molecule has 1 N–H and O–H groups in total. The summed E-state index contributed by atoms with van der Waals surface area (Å²) in [6, 6.07) is 9.57. The van der Waals surface area contributed by atoms with Crippen molar-refractivity contribution >= 4 is 29.1 Å². The summed E-state index contributed by atoms with van der Waals surface area (Å²) in [5.74, 6) is -1.94. The van der Waals surface area contributed by atoms with Gasteiger partial charge in [0.25, 0.3) is 5.91 Å². The number of anilines is 1. The first-order valence-corrected chi connectivity index (χ1v) is 8.81. The molecule has 2 amide bonds. The van der Waals surface area contributed by atoms with Crippen LogP contribution in [0.5, 0.6) is 0 Å². The predicted octanol–water partition coefficient (Wildman–Crippen LogP) is 3.01. The number of hydrogen-bond acceptors (Lipinski definition) is 3. The Balaban J connectivity index is 1.49. The fourth-order valence-corrected chi connectivity index (χ4v) is 3.04. The molecule has 3 rings (SSSR count). The summed E-state index contributed by atoms with van der Waals surface area (Å²) in [6.45, 7) is 2.13. The Bertz CT molecular complexity index is 817. The molecule has 0 radical (unpaired) electrons. The number of nitrogens with one attached hydrogen (secondary N) is 1. The normalized spacial score (nSPS) is 14.9. The molecule has 1 saturated heterocycles. The minimum atomic E-state index is -0.750. The molecule has 2 aromatic carbocycles. The third-order valence-corrected chi connectivity index (χ3v) is 4.52. The molecule has 27 heavy (non-hydrogen) atoms. The summed E-state index contributed by atoms with van der Waals surface area (Å²) < 4.78 is 26.3. The highest BCUT2D eigenvalue weighted by Gasteiger charge is 2.23. The van der Waals surface area contributed by atoms with E-state index in [0.29, 0.717) is 36.8 Å². The monoisotopic (exact) mass is 393 g/mol. The molecular weight excluding hydrogens is 376 g/mol. The zero-order valence-corrected chi connectivity index (χ0v) is 15.2. The van der Waals surface area contributed by atoms with Gasteiger partial charge in [0.1, 0.15) is 11.6 Å². The first-order valence-electron chi connectivity index (χ1n) is 8.44. The van der Waals surface area contributed by atoms with Crippen LogP contribution in [0.1, 0.15) is 10.4 Å². The molecule has 0 atom stereocenters. The van der Waals surface area contributed by atoms with Crippen molar-refractivity contribution in [3.05, 3.63) is 64.7 Å². The zero-order chi connectivity index (χ0) is 19.4. The summed E-state index contributed by atoms with van der Waals surface area (Å²) in [5, 5.41) is 3.05. The highest BCUT2D eigenvalue weighted by atomic mass is 35.5. The Morgan fingerprint density at radius 3 is 2.15 bits per heavy atom. The van der Waals surface area contributed by atoms with Gasteiger partial charge in [0, 0.05) is 48.5 Å². The first-order chi connectivity index (χ1) is 12.9. The molecule has 5 nitrogen and oxygen atoms in total. The molecule has 0 saturated carbocycles. The standard InChI is InChI=1S/C19H18ClF2N3O2/c20-14-3-1-13(2-4-14)19(27)25-7-5-24(6-8-25)12-18(26)23-17-10-15(21)9-16(22)11-17/h1-4,9-11H,5-8,12H2,(H,23,26). The number of piperazine rings is 1. The number of amides is 2. The quantitative estimate of drug-likeness (QED) is 0.868. The molecular formula is C19H18ClF2N3O2. The van der Waals surface area contributed by atoms with Crippen molar-refractivity contribution in [2.45, 2.75) is 0 Å². The maximum atomic E-state index is 13.2. The van der Waals surface area contributed by atoms with E-state index in [4.69, 9.17) is 11.6 Å². The van der Waals surface area contributed by atoms with E-state index in [1.807, 2.05) is 4.90 Å². The van der Waals surface area contributed by atoms with E-state index in [0.717, 1.165) is 18.2 Å². The van der Waals surface area contributed by atoms with Gasteiger partial charge in [-0.3, -0.25) is 14.5 Å². The average Bonchev–Trinajstić information content (AvgIpc) is 2.61. The van der Waals surface area contributed by atoms with Gasteiger partial charge in [0.05, 0.1) is 6.54 Å². The summed E-state index contributed by atoms with van der Waals surface area (Å²) >= 11 is 5.83. The van der Waals surface area contributed by atoms with Gasteiger partial charge in [-0.05, 0) is 36.4 Å². The molecule has 8 heteroatoms. The first kappa shape index (κ1) is 19.3. The van der Waals surface area contributed by atoms with Crippen LogP contribution < -0.4 is 5.32 Å². The van der Waals surface area contributed by atoms with Gasteiger partial charge in [-0.2, -0.15) is 0 Å². The van der Waals surface area contributed by atoms with E-state index in [1.54, 1.807) is 29.2 Å². The third kappa shape index (κ3) is 5.24. The lowest BCUT2D eigenvalue weighted by Crippen LogP contribution is -2.50. The van der Waals surface area contributed by atoms with Crippen LogP contribution in [0, 0.1) is 11.6 Å².